The van der Waals surface area contributed by atoms with E-state index in [0.29, 0.717) is 41.2 Å². The lowest BCUT2D eigenvalue weighted by molar-refractivity contribution is 0.0703. The van der Waals surface area contributed by atoms with Gasteiger partial charge in [-0.15, -0.1) is 11.3 Å². The lowest BCUT2D eigenvalue weighted by atomic mass is 10.1. The van der Waals surface area contributed by atoms with Gasteiger partial charge in [-0.05, 0) is 25.1 Å². The molecule has 0 spiro atoms. The molecule has 4 aromatic rings. The van der Waals surface area contributed by atoms with Gasteiger partial charge in [0.1, 0.15) is 15.4 Å². The number of hydrogen-bond acceptors (Lipinski definition) is 8. The first kappa shape index (κ1) is 18.8. The maximum atomic E-state index is 11.5. The van der Waals surface area contributed by atoms with Gasteiger partial charge in [-0.25, -0.2) is 4.79 Å². The molecule has 0 fully saturated rings. The van der Waals surface area contributed by atoms with Gasteiger partial charge in [0.2, 0.25) is 0 Å². The number of nitrogen functional groups attached to an aromatic ring is 1. The zero-order valence-electron chi connectivity index (χ0n) is 15.6. The lowest BCUT2D eigenvalue weighted by Crippen LogP contribution is -2.07. The predicted octanol–water partition coefficient (Wildman–Crippen LogP) is 3.01. The smallest absolute Gasteiger partial charge is 0.348 e. The number of aromatic nitrogens is 5. The number of pyridine rings is 1. The van der Waals surface area contributed by atoms with E-state index in [1.807, 2.05) is 36.0 Å². The molecular weight excluding hydrogens is 392 g/mol. The zero-order chi connectivity index (χ0) is 20.4. The van der Waals surface area contributed by atoms with Gasteiger partial charge in [0.25, 0.3) is 0 Å². The molecule has 148 valence electrons. The van der Waals surface area contributed by atoms with Crippen molar-refractivity contribution in [2.24, 2.45) is 0 Å². The maximum Gasteiger partial charge on any atom is 0.348 e. The third-order valence-corrected chi connectivity index (χ3v) is 5.30. The van der Waals surface area contributed by atoms with Crippen molar-refractivity contribution in [3.8, 4) is 17.4 Å². The summed E-state index contributed by atoms with van der Waals surface area (Å²) in [6, 6.07) is 7.55. The van der Waals surface area contributed by atoms with Crippen molar-refractivity contribution < 1.29 is 14.6 Å². The molecule has 0 atom stereocenters. The van der Waals surface area contributed by atoms with Crippen LogP contribution in [0.5, 0.6) is 6.01 Å². The number of carboxylic acid groups (broad SMARTS) is 1. The Morgan fingerprint density at radius 1 is 1.28 bits per heavy atom. The quantitative estimate of drug-likeness (QED) is 0.445. The number of nitrogens with two attached hydrogens (primary N) is 1. The van der Waals surface area contributed by atoms with Crippen LogP contribution in [-0.2, 0) is 6.54 Å². The third kappa shape index (κ3) is 3.87. The van der Waals surface area contributed by atoms with E-state index in [1.165, 1.54) is 0 Å². The highest BCUT2D eigenvalue weighted by molar-refractivity contribution is 7.21. The summed E-state index contributed by atoms with van der Waals surface area (Å²) in [5.41, 5.74) is 8.11. The Morgan fingerprint density at radius 3 is 2.86 bits per heavy atom. The molecule has 0 aliphatic rings. The first-order valence-corrected chi connectivity index (χ1v) is 9.72. The van der Waals surface area contributed by atoms with Crippen LogP contribution in [0.3, 0.4) is 0 Å². The summed E-state index contributed by atoms with van der Waals surface area (Å²) in [6.45, 7) is 2.96. The largest absolute Gasteiger partial charge is 0.477 e. The van der Waals surface area contributed by atoms with Crippen molar-refractivity contribution in [3.63, 3.8) is 0 Å². The van der Waals surface area contributed by atoms with Crippen LogP contribution >= 0.6 is 11.3 Å². The van der Waals surface area contributed by atoms with Gasteiger partial charge >= 0.3 is 12.0 Å². The van der Waals surface area contributed by atoms with Crippen LogP contribution in [0, 0.1) is 6.92 Å². The van der Waals surface area contributed by atoms with Gasteiger partial charge in [-0.3, -0.25) is 9.67 Å². The zero-order valence-corrected chi connectivity index (χ0v) is 16.4. The summed E-state index contributed by atoms with van der Waals surface area (Å²) in [7, 11) is 0. The second-order valence-electron chi connectivity index (χ2n) is 6.32. The minimum atomic E-state index is -1.10. The number of hydrogen-bond donors (Lipinski definition) is 2. The number of carboxylic acids is 1. The van der Waals surface area contributed by atoms with E-state index in [2.05, 4.69) is 20.1 Å². The van der Waals surface area contributed by atoms with Gasteiger partial charge in [0, 0.05) is 31.1 Å². The highest BCUT2D eigenvalue weighted by atomic mass is 32.1. The molecule has 10 heteroatoms. The molecule has 9 nitrogen and oxygen atoms in total. The average molecular weight is 410 g/mol. The fourth-order valence-electron chi connectivity index (χ4n) is 2.91. The SMILES string of the molecule is Cc1cccc(-c2nc(OCCCn3cccn3)nc3sc(C(=O)O)c(N)c23)n1. The number of nitrogens with zero attached hydrogens (tertiary/aromatic N) is 5. The van der Waals surface area contributed by atoms with Crippen LogP contribution < -0.4 is 10.5 Å². The Labute approximate surface area is 169 Å². The Balaban J connectivity index is 1.69. The third-order valence-electron chi connectivity index (χ3n) is 4.22. The average Bonchev–Trinajstić information content (AvgIpc) is 3.33. The van der Waals surface area contributed by atoms with Crippen molar-refractivity contribution in [3.05, 3.63) is 47.2 Å². The number of fused-ring (bicyclic) bond motifs is 1. The number of anilines is 1. The van der Waals surface area contributed by atoms with Gasteiger partial charge in [-0.1, -0.05) is 6.07 Å². The van der Waals surface area contributed by atoms with Crippen molar-refractivity contribution in [1.29, 1.82) is 0 Å². The molecule has 0 aromatic carbocycles. The lowest BCUT2D eigenvalue weighted by Gasteiger charge is -2.08. The monoisotopic (exact) mass is 410 g/mol. The van der Waals surface area contributed by atoms with Crippen LogP contribution in [0.4, 0.5) is 5.69 Å². The predicted molar refractivity (Wildman–Crippen MR) is 109 cm³/mol. The molecule has 0 amide bonds. The second-order valence-corrected chi connectivity index (χ2v) is 7.32. The number of ether oxygens (including phenoxy) is 1. The number of thiophene rings is 1. The van der Waals surface area contributed by atoms with Crippen molar-refractivity contribution in [2.75, 3.05) is 12.3 Å². The molecule has 0 bridgehead atoms. The molecule has 0 aliphatic heterocycles. The standard InChI is InChI=1S/C19H18N6O3S/c1-11-5-2-6-12(22-11)15-13-14(20)16(18(26)27)29-17(13)24-19(23-15)28-10-4-9-25-8-3-7-21-25/h2-3,5-8H,4,9-10,20H2,1H3,(H,26,27). The van der Waals surface area contributed by atoms with Crippen LogP contribution in [0.1, 0.15) is 21.8 Å². The van der Waals surface area contributed by atoms with Crippen LogP contribution in [0.15, 0.2) is 36.7 Å². The van der Waals surface area contributed by atoms with Crippen LogP contribution in [0.25, 0.3) is 21.6 Å². The Bertz CT molecular complexity index is 1170. The van der Waals surface area contributed by atoms with E-state index in [9.17, 15) is 9.90 Å². The van der Waals surface area contributed by atoms with E-state index in [4.69, 9.17) is 10.5 Å². The van der Waals surface area contributed by atoms with E-state index in [-0.39, 0.29) is 16.6 Å². The summed E-state index contributed by atoms with van der Waals surface area (Å²) in [5, 5.41) is 14.1. The molecule has 4 rings (SSSR count). The van der Waals surface area contributed by atoms with Crippen molar-refractivity contribution in [2.45, 2.75) is 19.9 Å². The summed E-state index contributed by atoms with van der Waals surface area (Å²) in [4.78, 5) is 25.4. The maximum absolute atomic E-state index is 11.5. The normalized spacial score (nSPS) is 11.1. The molecular formula is C19H18N6O3S. The molecule has 29 heavy (non-hydrogen) atoms. The van der Waals surface area contributed by atoms with Crippen molar-refractivity contribution >= 4 is 33.2 Å². The Kier molecular flexibility index (Phi) is 5.09. The fraction of sp³-hybridized carbons (Fsp3) is 0.211. The van der Waals surface area contributed by atoms with E-state index in [0.717, 1.165) is 17.0 Å². The topological polar surface area (TPSA) is 129 Å². The van der Waals surface area contributed by atoms with Crippen LogP contribution in [0.2, 0.25) is 0 Å². The number of aromatic carboxylic acids is 1. The summed E-state index contributed by atoms with van der Waals surface area (Å²) < 4.78 is 7.56. The van der Waals surface area contributed by atoms with Gasteiger partial charge < -0.3 is 15.6 Å². The first-order chi connectivity index (χ1) is 14.0. The minimum Gasteiger partial charge on any atom is -0.477 e. The minimum absolute atomic E-state index is 0.0269. The Hall–Kier alpha value is -3.53. The van der Waals surface area contributed by atoms with E-state index < -0.39 is 5.97 Å². The van der Waals surface area contributed by atoms with E-state index >= 15 is 0 Å². The first-order valence-electron chi connectivity index (χ1n) is 8.90. The molecule has 0 unspecified atom stereocenters. The molecule has 4 heterocycles. The van der Waals surface area contributed by atoms with Gasteiger partial charge in [0.05, 0.1) is 23.4 Å². The molecule has 0 aliphatic carbocycles. The second kappa shape index (κ2) is 7.84. The summed E-state index contributed by atoms with van der Waals surface area (Å²) in [5.74, 6) is -1.10. The highest BCUT2D eigenvalue weighted by Crippen LogP contribution is 2.38. The molecule has 0 radical (unpaired) electrons. The number of aryl methyl sites for hydroxylation is 2. The van der Waals surface area contributed by atoms with E-state index in [1.54, 1.807) is 12.3 Å². The fourth-order valence-corrected chi connectivity index (χ4v) is 3.83. The van der Waals surface area contributed by atoms with Gasteiger partial charge in [0.15, 0.2) is 0 Å². The van der Waals surface area contributed by atoms with Crippen molar-refractivity contribution in [1.82, 2.24) is 24.7 Å². The highest BCUT2D eigenvalue weighted by Gasteiger charge is 2.22. The molecule has 0 saturated carbocycles. The number of carbonyl (C=O) groups is 1. The number of rotatable bonds is 7. The Morgan fingerprint density at radius 2 is 2.14 bits per heavy atom. The van der Waals surface area contributed by atoms with Gasteiger partial charge in [-0.2, -0.15) is 15.1 Å². The summed E-state index contributed by atoms with van der Waals surface area (Å²) >= 11 is 0.999. The molecule has 3 N–H and O–H groups in total. The summed E-state index contributed by atoms with van der Waals surface area (Å²) in [6.07, 6.45) is 4.32. The van der Waals surface area contributed by atoms with Crippen LogP contribution in [-0.4, -0.2) is 42.4 Å². The molecule has 4 aromatic heterocycles. The molecule has 0 saturated heterocycles.